The number of aliphatic hydroxyl groups excluding tert-OH is 5. The first kappa shape index (κ1) is 39.8. The van der Waals surface area contributed by atoms with Crippen LogP contribution >= 0.6 is 0 Å². The molecule has 0 saturated heterocycles. The Morgan fingerprint density at radius 2 is 1.16 bits per heavy atom. The molecule has 2 saturated carbocycles. The van der Waals surface area contributed by atoms with Gasteiger partial charge in [0.05, 0.1) is 43.4 Å². The zero-order chi connectivity index (χ0) is 33.5. The van der Waals surface area contributed by atoms with E-state index < -0.39 is 73.0 Å². The molecule has 12 unspecified atom stereocenters. The topological polar surface area (TPSA) is 183 Å². The molecule has 2 fully saturated rings. The number of carboxylic acid groups (broad SMARTS) is 1. The molecule has 11 heteroatoms. The van der Waals surface area contributed by atoms with E-state index >= 15 is 0 Å². The fourth-order valence-electron chi connectivity index (χ4n) is 6.67. The van der Waals surface area contributed by atoms with Crippen molar-refractivity contribution in [2.24, 2.45) is 11.8 Å². The second-order valence-corrected chi connectivity index (χ2v) is 13.6. The van der Waals surface area contributed by atoms with Gasteiger partial charge < -0.3 is 44.8 Å². The second kappa shape index (κ2) is 20.8. The summed E-state index contributed by atoms with van der Waals surface area (Å²) in [4.78, 5) is 24.7. The van der Waals surface area contributed by atoms with Crippen LogP contribution in [0.25, 0.3) is 0 Å². The summed E-state index contributed by atoms with van der Waals surface area (Å²) in [5, 5.41) is 62.4. The molecule has 0 aliphatic heterocycles. The molecule has 0 heterocycles. The lowest BCUT2D eigenvalue weighted by molar-refractivity contribution is -0.247. The van der Waals surface area contributed by atoms with Gasteiger partial charge in [-0.15, -0.1) is 0 Å². The van der Waals surface area contributed by atoms with Gasteiger partial charge in [0, 0.05) is 0 Å². The predicted molar refractivity (Wildman–Crippen MR) is 168 cm³/mol. The van der Waals surface area contributed by atoms with Crippen molar-refractivity contribution in [1.82, 2.24) is 0 Å². The molecule has 12 atom stereocenters. The highest BCUT2D eigenvalue weighted by Crippen LogP contribution is 2.35. The number of carbonyl (C=O) groups is 2. The van der Waals surface area contributed by atoms with Crippen LogP contribution in [0, 0.1) is 11.8 Å². The Labute approximate surface area is 269 Å². The van der Waals surface area contributed by atoms with Gasteiger partial charge in [0.1, 0.15) is 30.5 Å². The number of hydrogen-bond acceptors (Lipinski definition) is 10. The van der Waals surface area contributed by atoms with Gasteiger partial charge in [-0.05, 0) is 43.9 Å². The molecule has 2 aliphatic carbocycles. The number of carbonyl (C=O) groups excluding carboxylic acids is 1. The predicted octanol–water partition coefficient (Wildman–Crippen LogP) is 3.88. The Kier molecular flexibility index (Phi) is 18.4. The van der Waals surface area contributed by atoms with Crippen LogP contribution in [0.1, 0.15) is 130 Å². The molecule has 0 amide bonds. The Morgan fingerprint density at radius 3 is 1.71 bits per heavy atom. The van der Waals surface area contributed by atoms with Gasteiger partial charge in [-0.1, -0.05) is 85.5 Å². The Bertz CT molecular complexity index is 841. The SMILES string of the molecule is CCCCCCCC(CC(=O)O)OC(=O)CC(CCCCCCC)OC1CC(C)C(O)C(O)C1OC1CC(C)C(O)C(O)C1O. The van der Waals surface area contributed by atoms with Crippen LogP contribution in [0.15, 0.2) is 0 Å². The lowest BCUT2D eigenvalue weighted by atomic mass is 9.79. The number of rotatable bonds is 21. The van der Waals surface area contributed by atoms with E-state index in [4.69, 9.17) is 14.2 Å². The molecule has 264 valence electrons. The Hall–Kier alpha value is -1.34. The third-order valence-corrected chi connectivity index (χ3v) is 9.56. The Morgan fingerprint density at radius 1 is 0.644 bits per heavy atom. The second-order valence-electron chi connectivity index (χ2n) is 13.6. The minimum absolute atomic E-state index is 0.0933. The highest BCUT2D eigenvalue weighted by Gasteiger charge is 2.48. The first-order valence-electron chi connectivity index (χ1n) is 17.5. The van der Waals surface area contributed by atoms with E-state index in [1.807, 2.05) is 0 Å². The van der Waals surface area contributed by atoms with Gasteiger partial charge in [0.15, 0.2) is 0 Å². The van der Waals surface area contributed by atoms with Gasteiger partial charge in [-0.3, -0.25) is 9.59 Å². The summed E-state index contributed by atoms with van der Waals surface area (Å²) in [7, 11) is 0. The molecular formula is C34H62O11. The molecule has 2 rings (SSSR count). The number of unbranched alkanes of at least 4 members (excludes halogenated alkanes) is 8. The van der Waals surface area contributed by atoms with Crippen LogP contribution in [-0.4, -0.2) is 104 Å². The molecule has 6 N–H and O–H groups in total. The summed E-state index contributed by atoms with van der Waals surface area (Å²) in [6.07, 6.45) is 0.857. The van der Waals surface area contributed by atoms with Crippen molar-refractivity contribution < 1.29 is 54.4 Å². The molecule has 0 radical (unpaired) electrons. The number of aliphatic hydroxyl groups is 5. The van der Waals surface area contributed by atoms with E-state index in [1.165, 1.54) is 0 Å². The first-order valence-corrected chi connectivity index (χ1v) is 17.5. The van der Waals surface area contributed by atoms with Crippen molar-refractivity contribution in [2.75, 3.05) is 0 Å². The fraction of sp³-hybridized carbons (Fsp3) is 0.941. The van der Waals surface area contributed by atoms with Crippen molar-refractivity contribution >= 4 is 11.9 Å². The van der Waals surface area contributed by atoms with E-state index in [2.05, 4.69) is 13.8 Å². The van der Waals surface area contributed by atoms with Crippen LogP contribution < -0.4 is 0 Å². The lowest BCUT2D eigenvalue weighted by Crippen LogP contribution is -2.60. The van der Waals surface area contributed by atoms with Crippen LogP contribution in [-0.2, 0) is 23.8 Å². The largest absolute Gasteiger partial charge is 0.481 e. The van der Waals surface area contributed by atoms with Crippen molar-refractivity contribution in [3.05, 3.63) is 0 Å². The molecule has 0 bridgehead atoms. The standard InChI is InChI=1S/C34H62O11/c1-5-7-9-11-13-15-23(19-27(35)36)44-28(37)20-24(16-14-12-10-8-6-2)43-26-18-22(4)30(39)33(42)34(26)45-25-17-21(3)29(38)32(41)31(25)40/h21-26,29-34,38-42H,5-20H2,1-4H3,(H,35,36). The third-order valence-electron chi connectivity index (χ3n) is 9.56. The number of esters is 1. The third kappa shape index (κ3) is 13.4. The van der Waals surface area contributed by atoms with Crippen LogP contribution in [0.2, 0.25) is 0 Å². The summed E-state index contributed by atoms with van der Waals surface area (Å²) in [6.45, 7) is 7.79. The van der Waals surface area contributed by atoms with E-state index in [9.17, 15) is 40.2 Å². The molecule has 0 aromatic carbocycles. The van der Waals surface area contributed by atoms with Gasteiger partial charge in [-0.2, -0.15) is 0 Å². The van der Waals surface area contributed by atoms with Crippen molar-refractivity contribution in [2.45, 2.75) is 191 Å². The minimum Gasteiger partial charge on any atom is -0.481 e. The average molecular weight is 647 g/mol. The van der Waals surface area contributed by atoms with Crippen molar-refractivity contribution in [1.29, 1.82) is 0 Å². The number of carboxylic acids is 1. The molecular weight excluding hydrogens is 584 g/mol. The molecule has 0 spiro atoms. The number of ether oxygens (including phenoxy) is 3. The van der Waals surface area contributed by atoms with E-state index in [-0.39, 0.29) is 31.1 Å². The monoisotopic (exact) mass is 646 g/mol. The fourth-order valence-corrected chi connectivity index (χ4v) is 6.67. The molecule has 2 aliphatic rings. The van der Waals surface area contributed by atoms with E-state index in [0.717, 1.165) is 64.2 Å². The molecule has 11 nitrogen and oxygen atoms in total. The number of aliphatic carboxylic acids is 1. The Balaban J connectivity index is 2.16. The summed E-state index contributed by atoms with van der Waals surface area (Å²) >= 11 is 0. The highest BCUT2D eigenvalue weighted by atomic mass is 16.6. The highest BCUT2D eigenvalue weighted by molar-refractivity contribution is 5.72. The normalized spacial score (nSPS) is 33.4. The van der Waals surface area contributed by atoms with Gasteiger partial charge in [0.2, 0.25) is 0 Å². The summed E-state index contributed by atoms with van der Waals surface area (Å²) in [6, 6.07) is 0. The van der Waals surface area contributed by atoms with Gasteiger partial charge >= 0.3 is 11.9 Å². The quantitative estimate of drug-likeness (QED) is 0.0786. The van der Waals surface area contributed by atoms with E-state index in [0.29, 0.717) is 19.3 Å². The van der Waals surface area contributed by atoms with Crippen molar-refractivity contribution in [3.8, 4) is 0 Å². The first-order chi connectivity index (χ1) is 21.4. The smallest absolute Gasteiger partial charge is 0.308 e. The summed E-state index contributed by atoms with van der Waals surface area (Å²) in [5.74, 6) is -2.26. The zero-order valence-corrected chi connectivity index (χ0v) is 28.0. The maximum Gasteiger partial charge on any atom is 0.308 e. The molecule has 0 aromatic rings. The number of hydrogen-bond donors (Lipinski definition) is 6. The molecule has 45 heavy (non-hydrogen) atoms. The molecule has 0 aromatic heterocycles. The summed E-state index contributed by atoms with van der Waals surface area (Å²) < 4.78 is 18.4. The summed E-state index contributed by atoms with van der Waals surface area (Å²) in [5.41, 5.74) is 0. The van der Waals surface area contributed by atoms with Crippen LogP contribution in [0.4, 0.5) is 0 Å². The average Bonchev–Trinajstić information content (AvgIpc) is 2.98. The minimum atomic E-state index is -1.42. The van der Waals surface area contributed by atoms with Crippen molar-refractivity contribution in [3.63, 3.8) is 0 Å². The van der Waals surface area contributed by atoms with Crippen LogP contribution in [0.5, 0.6) is 0 Å². The van der Waals surface area contributed by atoms with Gasteiger partial charge in [-0.25, -0.2) is 0 Å². The zero-order valence-electron chi connectivity index (χ0n) is 28.0. The van der Waals surface area contributed by atoms with Gasteiger partial charge in [0.25, 0.3) is 0 Å². The maximum atomic E-state index is 13.2. The van der Waals surface area contributed by atoms with E-state index in [1.54, 1.807) is 13.8 Å². The maximum absolute atomic E-state index is 13.2. The lowest BCUT2D eigenvalue weighted by Gasteiger charge is -2.46. The van der Waals surface area contributed by atoms with Crippen LogP contribution in [0.3, 0.4) is 0 Å².